The summed E-state index contributed by atoms with van der Waals surface area (Å²) in [7, 11) is -9.24. The van der Waals surface area contributed by atoms with Crippen molar-refractivity contribution in [1.82, 2.24) is 9.13 Å². The second-order valence-corrected chi connectivity index (χ2v) is 26.0. The Bertz CT molecular complexity index is 1530. The third-order valence-corrected chi connectivity index (χ3v) is 19.4. The highest BCUT2D eigenvalue weighted by Gasteiger charge is 2.67. The van der Waals surface area contributed by atoms with E-state index in [0.29, 0.717) is 5.56 Å². The Hall–Kier alpha value is -1.82. The first-order chi connectivity index (χ1) is 19.3. The number of ether oxygens (including phenoxy) is 1. The maximum absolute atomic E-state index is 14.0. The number of rotatable bonds is 8. The molecule has 0 radical (unpaired) electrons. The van der Waals surface area contributed by atoms with Crippen LogP contribution >= 0.6 is 0 Å². The molecule has 1 fully saturated rings. The summed E-state index contributed by atoms with van der Waals surface area (Å²) < 4.78 is 54.4. The quantitative estimate of drug-likeness (QED) is 0.243. The zero-order chi connectivity index (χ0) is 33.1. The van der Waals surface area contributed by atoms with Gasteiger partial charge in [-0.25, -0.2) is 8.98 Å². The predicted molar refractivity (Wildman–Crippen MR) is 173 cm³/mol. The smallest absolute Gasteiger partial charge is 0.333 e. The first kappa shape index (κ1) is 35.7. The van der Waals surface area contributed by atoms with Crippen molar-refractivity contribution in [2.24, 2.45) is 5.73 Å². The highest BCUT2D eigenvalue weighted by Crippen LogP contribution is 2.52. The molecule has 2 N–H and O–H groups in total. The van der Waals surface area contributed by atoms with Crippen molar-refractivity contribution >= 4 is 26.8 Å². The second kappa shape index (κ2) is 11.5. The Labute approximate surface area is 258 Å². The Kier molecular flexibility index (Phi) is 9.55. The van der Waals surface area contributed by atoms with Crippen molar-refractivity contribution in [1.29, 1.82) is 0 Å². The Morgan fingerprint density at radius 1 is 1.07 bits per heavy atom. The molecule has 2 aliphatic rings. The summed E-state index contributed by atoms with van der Waals surface area (Å²) in [5.74, 6) is 0. The third kappa shape index (κ3) is 6.75. The van der Waals surface area contributed by atoms with Gasteiger partial charge in [-0.15, -0.1) is 0 Å². The van der Waals surface area contributed by atoms with Crippen LogP contribution in [0.15, 0.2) is 38.5 Å². The fourth-order valence-corrected chi connectivity index (χ4v) is 8.10. The number of aryl methyl sites for hydroxylation is 1. The van der Waals surface area contributed by atoms with Crippen molar-refractivity contribution in [3.8, 4) is 0 Å². The number of nitrogens with zero attached hydrogens (tertiary/aromatic N) is 2. The highest BCUT2D eigenvalue weighted by molar-refractivity contribution is 7.90. The van der Waals surface area contributed by atoms with Gasteiger partial charge in [0.1, 0.15) is 12.2 Å². The molecule has 3 heterocycles. The first-order valence-corrected chi connectivity index (χ1v) is 21.9. The largest absolute Gasteiger partial charge is 0.414 e. The lowest BCUT2D eigenvalue weighted by molar-refractivity contribution is -0.0567. The minimum Gasteiger partial charge on any atom is -0.414 e. The second-order valence-electron chi connectivity index (χ2n) is 15.0. The normalized spacial score (nSPS) is 26.2. The molecule has 11 nitrogen and oxygen atoms in total. The summed E-state index contributed by atoms with van der Waals surface area (Å²) in [5.41, 5.74) is 4.89. The molecule has 1 aromatic rings. The summed E-state index contributed by atoms with van der Waals surface area (Å²) in [5, 5.41) is 0.449. The molecule has 14 heteroatoms. The van der Waals surface area contributed by atoms with E-state index < -0.39 is 62.0 Å². The summed E-state index contributed by atoms with van der Waals surface area (Å²) in [6.07, 6.45) is -0.144. The molecular weight excluding hydrogens is 607 g/mol. The standard InChI is InChI=1S/C29H51N3O8SSi2/c1-19(2)14-15-31-24(33)20(3)16-32(26(31)34)25-23(39-43(12,13)28(7,8)9)29(21(30)18-41(35,36)40-29)22(38-25)17-37-42(10,11)27(4,5)6/h14,16,18,22-23,25H,15,17,30H2,1-13H3/t22?,23-,25+,29?/m0/s1. The van der Waals surface area contributed by atoms with Crippen molar-refractivity contribution < 1.29 is 26.2 Å². The Morgan fingerprint density at radius 3 is 2.09 bits per heavy atom. The molecule has 43 heavy (non-hydrogen) atoms. The molecule has 0 saturated carbocycles. The number of nitrogens with two attached hydrogens (primary N) is 1. The molecule has 244 valence electrons. The van der Waals surface area contributed by atoms with Crippen molar-refractivity contribution in [3.63, 3.8) is 0 Å². The van der Waals surface area contributed by atoms with E-state index in [-0.39, 0.29) is 28.9 Å². The lowest BCUT2D eigenvalue weighted by atomic mass is 9.89. The molecule has 1 saturated heterocycles. The zero-order valence-electron chi connectivity index (χ0n) is 28.0. The number of hydrogen-bond donors (Lipinski definition) is 1. The predicted octanol–water partition coefficient (Wildman–Crippen LogP) is 4.49. The zero-order valence-corrected chi connectivity index (χ0v) is 30.8. The summed E-state index contributed by atoms with van der Waals surface area (Å²) in [6, 6.07) is 0. The highest BCUT2D eigenvalue weighted by atomic mass is 32.2. The third-order valence-electron chi connectivity index (χ3n) is 9.39. The van der Waals surface area contributed by atoms with Crippen LogP contribution in [0.2, 0.25) is 36.3 Å². The average Bonchev–Trinajstić information content (AvgIpc) is 3.24. The van der Waals surface area contributed by atoms with E-state index in [1.165, 1.54) is 10.8 Å². The van der Waals surface area contributed by atoms with Crippen molar-refractivity contribution in [3.05, 3.63) is 55.4 Å². The summed E-state index contributed by atoms with van der Waals surface area (Å²) >= 11 is 0. The van der Waals surface area contributed by atoms with Crippen LogP contribution in [-0.4, -0.2) is 58.6 Å². The van der Waals surface area contributed by atoms with Gasteiger partial charge in [-0.1, -0.05) is 53.2 Å². The van der Waals surface area contributed by atoms with Gasteiger partial charge in [0.05, 0.1) is 17.7 Å². The molecule has 1 aromatic heterocycles. The van der Waals surface area contributed by atoms with Gasteiger partial charge in [0.2, 0.25) is 0 Å². The van der Waals surface area contributed by atoms with Crippen LogP contribution in [0.3, 0.4) is 0 Å². The molecule has 0 aromatic carbocycles. The maximum atomic E-state index is 14.0. The molecule has 0 aliphatic carbocycles. The molecule has 2 unspecified atom stereocenters. The molecule has 3 rings (SSSR count). The van der Waals surface area contributed by atoms with E-state index in [0.717, 1.165) is 15.5 Å². The Balaban J connectivity index is 2.31. The van der Waals surface area contributed by atoms with Gasteiger partial charge in [-0.2, -0.15) is 8.42 Å². The minimum absolute atomic E-state index is 0.0421. The first-order valence-electron chi connectivity index (χ1n) is 14.6. The van der Waals surface area contributed by atoms with E-state index in [1.807, 2.05) is 26.9 Å². The topological polar surface area (TPSA) is 141 Å². The summed E-state index contributed by atoms with van der Waals surface area (Å²) in [6.45, 7) is 26.0. The molecule has 4 atom stereocenters. The van der Waals surface area contributed by atoms with Gasteiger partial charge < -0.3 is 19.3 Å². The lowest BCUT2D eigenvalue weighted by Gasteiger charge is -2.43. The maximum Gasteiger partial charge on any atom is 0.333 e. The van der Waals surface area contributed by atoms with Crippen LogP contribution in [0.1, 0.15) is 67.2 Å². The number of hydrogen-bond acceptors (Lipinski definition) is 9. The SMILES string of the molecule is CC(C)=CCn1c(=O)c(C)cn([C@@H]2OC(CO[Si](C)(C)C(C)(C)C)C3(OS(=O)(=O)C=C3N)[C@H]2O[Si](C)(C)C(C)(C)C)c1=O. The van der Waals surface area contributed by atoms with Gasteiger partial charge in [-0.3, -0.25) is 13.9 Å². The lowest BCUT2D eigenvalue weighted by Crippen LogP contribution is -2.59. The van der Waals surface area contributed by atoms with Crippen LogP contribution in [-0.2, 0) is 34.4 Å². The summed E-state index contributed by atoms with van der Waals surface area (Å²) in [4.78, 5) is 27.0. The molecule has 0 bridgehead atoms. The van der Waals surface area contributed by atoms with Gasteiger partial charge in [-0.05, 0) is 57.0 Å². The van der Waals surface area contributed by atoms with E-state index in [9.17, 15) is 18.0 Å². The monoisotopic (exact) mass is 657 g/mol. The molecular formula is C29H51N3O8SSi2. The van der Waals surface area contributed by atoms with E-state index >= 15 is 0 Å². The van der Waals surface area contributed by atoms with Crippen LogP contribution in [0, 0.1) is 6.92 Å². The van der Waals surface area contributed by atoms with Crippen LogP contribution in [0.5, 0.6) is 0 Å². The van der Waals surface area contributed by atoms with E-state index in [4.69, 9.17) is 23.5 Å². The van der Waals surface area contributed by atoms with Gasteiger partial charge in [0.25, 0.3) is 15.7 Å². The van der Waals surface area contributed by atoms with Crippen LogP contribution < -0.4 is 17.0 Å². The van der Waals surface area contributed by atoms with Crippen LogP contribution in [0.4, 0.5) is 0 Å². The van der Waals surface area contributed by atoms with Crippen molar-refractivity contribution in [2.75, 3.05) is 6.61 Å². The molecule has 0 amide bonds. The minimum atomic E-state index is -4.21. The van der Waals surface area contributed by atoms with Gasteiger partial charge >= 0.3 is 5.69 Å². The van der Waals surface area contributed by atoms with Crippen molar-refractivity contribution in [2.45, 2.75) is 129 Å². The average molecular weight is 658 g/mol. The van der Waals surface area contributed by atoms with E-state index in [1.54, 1.807) is 13.0 Å². The van der Waals surface area contributed by atoms with Gasteiger partial charge in [0.15, 0.2) is 28.5 Å². The fraction of sp³-hybridized carbons (Fsp3) is 0.724. The molecule has 2 aliphatic heterocycles. The Morgan fingerprint density at radius 2 is 1.63 bits per heavy atom. The number of aromatic nitrogens is 2. The number of allylic oxidation sites excluding steroid dienone is 2. The fourth-order valence-electron chi connectivity index (χ4n) is 4.59. The van der Waals surface area contributed by atoms with E-state index in [2.05, 4.69) is 54.6 Å². The molecule has 1 spiro atoms. The van der Waals surface area contributed by atoms with Crippen LogP contribution in [0.25, 0.3) is 0 Å². The van der Waals surface area contributed by atoms with Gasteiger partial charge in [0, 0.05) is 18.3 Å².